The van der Waals surface area contributed by atoms with E-state index < -0.39 is 11.2 Å². The number of likely N-dealkylation sites (N-methyl/N-ethyl adjacent to an activating group) is 1. The summed E-state index contributed by atoms with van der Waals surface area (Å²) >= 11 is 0. The van der Waals surface area contributed by atoms with E-state index in [0.29, 0.717) is 19.7 Å². The van der Waals surface area contributed by atoms with E-state index in [9.17, 15) is 19.2 Å². The van der Waals surface area contributed by atoms with E-state index in [2.05, 4.69) is 4.98 Å². The summed E-state index contributed by atoms with van der Waals surface area (Å²) in [5, 5.41) is 0. The molecule has 1 atom stereocenters. The molecule has 1 amide bonds. The lowest BCUT2D eigenvalue weighted by molar-refractivity contribution is -0.150. The van der Waals surface area contributed by atoms with E-state index in [1.165, 1.54) is 16.5 Å². The van der Waals surface area contributed by atoms with Gasteiger partial charge in [-0.15, -0.1) is 0 Å². The molecule has 2 aromatic rings. The molecule has 1 saturated heterocycles. The second-order valence-corrected chi connectivity index (χ2v) is 7.84. The zero-order chi connectivity index (χ0) is 23.3. The number of piperidine rings is 1. The van der Waals surface area contributed by atoms with Crippen molar-refractivity contribution in [3.8, 4) is 0 Å². The quantitative estimate of drug-likeness (QED) is 0.593. The number of hydrogen-bond donors (Lipinski definition) is 2. The van der Waals surface area contributed by atoms with Crippen LogP contribution < -0.4 is 21.9 Å². The third-order valence-electron chi connectivity index (χ3n) is 5.59. The van der Waals surface area contributed by atoms with Gasteiger partial charge in [0.05, 0.1) is 25.6 Å². The Hall–Kier alpha value is -3.40. The Morgan fingerprint density at radius 3 is 2.66 bits per heavy atom. The predicted molar refractivity (Wildman–Crippen MR) is 120 cm³/mol. The number of amides is 1. The number of nitrogens with two attached hydrogens (primary N) is 1. The van der Waals surface area contributed by atoms with Crippen LogP contribution in [0.1, 0.15) is 25.3 Å². The van der Waals surface area contributed by atoms with Crippen molar-refractivity contribution in [2.75, 3.05) is 43.9 Å². The number of carbonyl (C=O) groups is 2. The first-order chi connectivity index (χ1) is 15.3. The molecule has 0 spiro atoms. The molecule has 3 rings (SSSR count). The molecule has 0 bridgehead atoms. The maximum atomic E-state index is 12.9. The standard InChI is InChI=1S/C22H29N5O5/c1-3-32-21(30)16-10-7-11-26(13-16)14-17(28)25(2)18-19(23)27(22(31)24-20(18)29)12-15-8-5-4-6-9-15/h4-6,8-9,16H,3,7,10-14,23H2,1-2H3,(H,24,29,31)/t16-/m1/s1. The number of nitrogens with one attached hydrogen (secondary N) is 1. The van der Waals surface area contributed by atoms with Crippen LogP contribution in [-0.4, -0.2) is 59.6 Å². The topological polar surface area (TPSA) is 131 Å². The monoisotopic (exact) mass is 443 g/mol. The maximum absolute atomic E-state index is 12.9. The summed E-state index contributed by atoms with van der Waals surface area (Å²) in [6.45, 7) is 3.33. The minimum Gasteiger partial charge on any atom is -0.466 e. The third kappa shape index (κ3) is 5.25. The largest absolute Gasteiger partial charge is 0.466 e. The molecule has 1 aromatic carbocycles. The van der Waals surface area contributed by atoms with E-state index in [0.717, 1.165) is 18.4 Å². The molecule has 3 N–H and O–H groups in total. The molecule has 1 aromatic heterocycles. The van der Waals surface area contributed by atoms with Gasteiger partial charge in [-0.25, -0.2) is 4.79 Å². The number of rotatable bonds is 7. The minimum atomic E-state index is -0.726. The number of likely N-dealkylation sites (tertiary alicyclic amines) is 1. The van der Waals surface area contributed by atoms with Crippen LogP contribution in [0.3, 0.4) is 0 Å². The van der Waals surface area contributed by atoms with Crippen molar-refractivity contribution in [1.82, 2.24) is 14.5 Å². The third-order valence-corrected chi connectivity index (χ3v) is 5.59. The number of nitrogen functional groups attached to an aromatic ring is 1. The number of H-pyrrole nitrogens is 1. The number of ether oxygens (including phenoxy) is 1. The lowest BCUT2D eigenvalue weighted by Gasteiger charge is -2.32. The molecule has 0 aliphatic carbocycles. The summed E-state index contributed by atoms with van der Waals surface area (Å²) in [6, 6.07) is 9.19. The molecular formula is C22H29N5O5. The number of anilines is 2. The van der Waals surface area contributed by atoms with Gasteiger partial charge in [0.15, 0.2) is 5.69 Å². The van der Waals surface area contributed by atoms with Crippen LogP contribution in [-0.2, 0) is 20.9 Å². The molecular weight excluding hydrogens is 414 g/mol. The molecule has 1 fully saturated rings. The first-order valence-electron chi connectivity index (χ1n) is 10.6. The highest BCUT2D eigenvalue weighted by atomic mass is 16.5. The average molecular weight is 444 g/mol. The Bertz CT molecular complexity index is 1080. The second-order valence-electron chi connectivity index (χ2n) is 7.84. The number of benzene rings is 1. The van der Waals surface area contributed by atoms with E-state index in [1.54, 1.807) is 6.92 Å². The van der Waals surface area contributed by atoms with E-state index >= 15 is 0 Å². The number of aromatic nitrogens is 2. The summed E-state index contributed by atoms with van der Waals surface area (Å²) in [5.41, 5.74) is 5.55. The highest BCUT2D eigenvalue weighted by Gasteiger charge is 2.29. The zero-order valence-electron chi connectivity index (χ0n) is 18.4. The highest BCUT2D eigenvalue weighted by molar-refractivity contribution is 5.96. The molecule has 32 heavy (non-hydrogen) atoms. The summed E-state index contributed by atoms with van der Waals surface area (Å²) < 4.78 is 6.33. The highest BCUT2D eigenvalue weighted by Crippen LogP contribution is 2.20. The van der Waals surface area contributed by atoms with Crippen molar-refractivity contribution in [3.63, 3.8) is 0 Å². The molecule has 10 nitrogen and oxygen atoms in total. The van der Waals surface area contributed by atoms with Gasteiger partial charge in [-0.05, 0) is 31.9 Å². The molecule has 1 aliphatic rings. The SMILES string of the molecule is CCOC(=O)[C@@H]1CCCN(CC(=O)N(C)c2c(N)n(Cc3ccccc3)c(=O)[nH]c2=O)C1. The van der Waals surface area contributed by atoms with Gasteiger partial charge in [-0.1, -0.05) is 30.3 Å². The van der Waals surface area contributed by atoms with Gasteiger partial charge in [0.1, 0.15) is 5.82 Å². The number of hydrogen-bond acceptors (Lipinski definition) is 7. The van der Waals surface area contributed by atoms with Gasteiger partial charge >= 0.3 is 11.7 Å². The van der Waals surface area contributed by atoms with Crippen LogP contribution in [0.15, 0.2) is 39.9 Å². The van der Waals surface area contributed by atoms with Gasteiger partial charge in [0.2, 0.25) is 5.91 Å². The maximum Gasteiger partial charge on any atom is 0.330 e. The summed E-state index contributed by atoms with van der Waals surface area (Å²) in [7, 11) is 1.45. The normalized spacial score (nSPS) is 16.5. The zero-order valence-corrected chi connectivity index (χ0v) is 18.4. The fraction of sp³-hybridized carbons (Fsp3) is 0.455. The number of carbonyl (C=O) groups excluding carboxylic acids is 2. The van der Waals surface area contributed by atoms with Crippen molar-refractivity contribution < 1.29 is 14.3 Å². The van der Waals surface area contributed by atoms with Crippen molar-refractivity contribution in [2.45, 2.75) is 26.3 Å². The fourth-order valence-corrected chi connectivity index (χ4v) is 3.90. The Kier molecular flexibility index (Phi) is 7.47. The van der Waals surface area contributed by atoms with Crippen LogP contribution in [0.4, 0.5) is 11.5 Å². The van der Waals surface area contributed by atoms with Crippen molar-refractivity contribution in [1.29, 1.82) is 0 Å². The first-order valence-corrected chi connectivity index (χ1v) is 10.6. The van der Waals surface area contributed by atoms with Gasteiger partial charge in [-0.3, -0.25) is 28.8 Å². The number of esters is 1. The van der Waals surface area contributed by atoms with Gasteiger partial charge in [-0.2, -0.15) is 0 Å². The Morgan fingerprint density at radius 2 is 1.97 bits per heavy atom. The average Bonchev–Trinajstić information content (AvgIpc) is 2.77. The Labute approximate surface area is 185 Å². The van der Waals surface area contributed by atoms with Crippen molar-refractivity contribution in [2.24, 2.45) is 5.92 Å². The fourth-order valence-electron chi connectivity index (χ4n) is 3.90. The van der Waals surface area contributed by atoms with Crippen LogP contribution in [0.2, 0.25) is 0 Å². The Balaban J connectivity index is 1.78. The Morgan fingerprint density at radius 1 is 1.25 bits per heavy atom. The molecule has 10 heteroatoms. The van der Waals surface area contributed by atoms with Gasteiger partial charge in [0, 0.05) is 13.6 Å². The lowest BCUT2D eigenvalue weighted by atomic mass is 9.98. The molecule has 2 heterocycles. The molecule has 172 valence electrons. The van der Waals surface area contributed by atoms with Crippen LogP contribution in [0.5, 0.6) is 0 Å². The van der Waals surface area contributed by atoms with Crippen LogP contribution in [0, 0.1) is 5.92 Å². The second kappa shape index (κ2) is 10.3. The molecule has 0 unspecified atom stereocenters. The summed E-state index contributed by atoms with van der Waals surface area (Å²) in [6.07, 6.45) is 1.49. The summed E-state index contributed by atoms with van der Waals surface area (Å²) in [4.78, 5) is 55.1. The van der Waals surface area contributed by atoms with E-state index in [1.807, 2.05) is 35.2 Å². The van der Waals surface area contributed by atoms with Crippen LogP contribution >= 0.6 is 0 Å². The minimum absolute atomic E-state index is 0.0170. The van der Waals surface area contributed by atoms with E-state index in [4.69, 9.17) is 10.5 Å². The first kappa shape index (κ1) is 23.3. The molecule has 0 radical (unpaired) electrons. The van der Waals surface area contributed by atoms with Crippen molar-refractivity contribution >= 4 is 23.4 Å². The molecule has 1 aliphatic heterocycles. The van der Waals surface area contributed by atoms with Crippen molar-refractivity contribution in [3.05, 3.63) is 56.7 Å². The summed E-state index contributed by atoms with van der Waals surface area (Å²) in [5.74, 6) is -0.979. The molecule has 0 saturated carbocycles. The smallest absolute Gasteiger partial charge is 0.330 e. The van der Waals surface area contributed by atoms with E-state index in [-0.39, 0.29) is 42.4 Å². The number of aromatic amines is 1. The predicted octanol–water partition coefficient (Wildman–Crippen LogP) is 0.405. The number of nitrogens with zero attached hydrogens (tertiary/aromatic N) is 3. The van der Waals surface area contributed by atoms with Gasteiger partial charge in [0.25, 0.3) is 5.56 Å². The van der Waals surface area contributed by atoms with Gasteiger partial charge < -0.3 is 15.4 Å². The van der Waals surface area contributed by atoms with Crippen LogP contribution in [0.25, 0.3) is 0 Å². The lowest BCUT2D eigenvalue weighted by Crippen LogP contribution is -2.47.